The maximum Gasteiger partial charge on any atom is 0.345 e. The standard InChI is InChI=1S/C22H24N4O3/c1-3-29-22(28)18-20(23-13-14-27)25-19(16-7-5-4-6-8-16)26-21(18)24-17-11-9-15(2)10-12-17/h4-12,27H,3,13-14H2,1-2H3,(H2,23,24,25,26). The Bertz CT molecular complexity index is 960. The number of nitrogens with zero attached hydrogens (tertiary/aromatic N) is 2. The van der Waals surface area contributed by atoms with Gasteiger partial charge in [0, 0.05) is 17.8 Å². The van der Waals surface area contributed by atoms with Crippen LogP contribution in [0.25, 0.3) is 11.4 Å². The van der Waals surface area contributed by atoms with Gasteiger partial charge in [0.15, 0.2) is 11.6 Å². The highest BCUT2D eigenvalue weighted by atomic mass is 16.5. The van der Waals surface area contributed by atoms with Crippen LogP contribution in [0.1, 0.15) is 22.8 Å². The molecule has 0 aliphatic heterocycles. The van der Waals surface area contributed by atoms with E-state index >= 15 is 0 Å². The lowest BCUT2D eigenvalue weighted by molar-refractivity contribution is 0.0528. The molecule has 0 amide bonds. The van der Waals surface area contributed by atoms with Crippen molar-refractivity contribution in [3.63, 3.8) is 0 Å². The Morgan fingerprint density at radius 2 is 1.72 bits per heavy atom. The van der Waals surface area contributed by atoms with Gasteiger partial charge < -0.3 is 20.5 Å². The third-order valence-electron chi connectivity index (χ3n) is 4.14. The molecule has 0 radical (unpaired) electrons. The first-order valence-corrected chi connectivity index (χ1v) is 9.45. The van der Waals surface area contributed by atoms with Crippen molar-refractivity contribution in [2.24, 2.45) is 0 Å². The molecule has 0 unspecified atom stereocenters. The molecule has 1 aromatic heterocycles. The Morgan fingerprint density at radius 3 is 2.38 bits per heavy atom. The van der Waals surface area contributed by atoms with Gasteiger partial charge in [0.25, 0.3) is 0 Å². The molecule has 0 aliphatic rings. The van der Waals surface area contributed by atoms with Crippen molar-refractivity contribution in [1.82, 2.24) is 9.97 Å². The number of esters is 1. The van der Waals surface area contributed by atoms with Crippen LogP contribution in [-0.4, -0.2) is 40.8 Å². The molecule has 3 rings (SSSR count). The molecule has 0 bridgehead atoms. The zero-order valence-corrected chi connectivity index (χ0v) is 16.5. The van der Waals surface area contributed by atoms with Gasteiger partial charge in [-0.15, -0.1) is 0 Å². The summed E-state index contributed by atoms with van der Waals surface area (Å²) in [5.41, 5.74) is 2.91. The van der Waals surface area contributed by atoms with Gasteiger partial charge in [-0.25, -0.2) is 14.8 Å². The number of hydrogen-bond acceptors (Lipinski definition) is 7. The fraction of sp³-hybridized carbons (Fsp3) is 0.227. The number of hydrogen-bond donors (Lipinski definition) is 3. The molecule has 0 aliphatic carbocycles. The van der Waals surface area contributed by atoms with E-state index in [0.717, 1.165) is 16.8 Å². The lowest BCUT2D eigenvalue weighted by atomic mass is 10.2. The molecule has 29 heavy (non-hydrogen) atoms. The number of rotatable bonds is 8. The normalized spacial score (nSPS) is 10.4. The number of benzene rings is 2. The van der Waals surface area contributed by atoms with E-state index in [1.165, 1.54) is 0 Å². The first-order chi connectivity index (χ1) is 14.1. The average molecular weight is 392 g/mol. The third-order valence-corrected chi connectivity index (χ3v) is 4.14. The zero-order chi connectivity index (χ0) is 20.6. The Labute approximate surface area is 169 Å². The molecule has 7 nitrogen and oxygen atoms in total. The number of aromatic nitrogens is 2. The van der Waals surface area contributed by atoms with Crippen molar-refractivity contribution in [2.75, 3.05) is 30.4 Å². The summed E-state index contributed by atoms with van der Waals surface area (Å²) in [5.74, 6) is 0.554. The number of carbonyl (C=O) groups is 1. The molecule has 7 heteroatoms. The highest BCUT2D eigenvalue weighted by molar-refractivity contribution is 6.01. The molecular weight excluding hydrogens is 368 g/mol. The SMILES string of the molecule is CCOC(=O)c1c(NCCO)nc(-c2ccccc2)nc1Nc1ccc(C)cc1. The molecule has 1 heterocycles. The maximum atomic E-state index is 12.7. The van der Waals surface area contributed by atoms with Crippen LogP contribution in [0.5, 0.6) is 0 Å². The van der Waals surface area contributed by atoms with E-state index in [2.05, 4.69) is 20.6 Å². The van der Waals surface area contributed by atoms with Gasteiger partial charge in [-0.3, -0.25) is 0 Å². The predicted octanol–water partition coefficient (Wildman–Crippen LogP) is 3.78. The number of aliphatic hydroxyl groups is 1. The Kier molecular flexibility index (Phi) is 6.76. The third kappa shape index (κ3) is 5.08. The van der Waals surface area contributed by atoms with E-state index in [-0.39, 0.29) is 25.3 Å². The largest absolute Gasteiger partial charge is 0.462 e. The summed E-state index contributed by atoms with van der Waals surface area (Å²) in [5, 5.41) is 15.5. The Balaban J connectivity index is 2.13. The van der Waals surface area contributed by atoms with E-state index < -0.39 is 5.97 Å². The van der Waals surface area contributed by atoms with Crippen molar-refractivity contribution < 1.29 is 14.6 Å². The van der Waals surface area contributed by atoms with E-state index in [4.69, 9.17) is 4.74 Å². The molecular formula is C22H24N4O3. The fourth-order valence-electron chi connectivity index (χ4n) is 2.74. The summed E-state index contributed by atoms with van der Waals surface area (Å²) >= 11 is 0. The van der Waals surface area contributed by atoms with Crippen LogP contribution in [0.2, 0.25) is 0 Å². The van der Waals surface area contributed by atoms with Crippen LogP contribution < -0.4 is 10.6 Å². The highest BCUT2D eigenvalue weighted by Gasteiger charge is 2.23. The van der Waals surface area contributed by atoms with E-state index in [9.17, 15) is 9.90 Å². The van der Waals surface area contributed by atoms with E-state index in [0.29, 0.717) is 17.5 Å². The van der Waals surface area contributed by atoms with Crippen molar-refractivity contribution in [3.8, 4) is 11.4 Å². The number of ether oxygens (including phenoxy) is 1. The van der Waals surface area contributed by atoms with Crippen LogP contribution in [0.15, 0.2) is 54.6 Å². The molecule has 3 aromatic rings. The van der Waals surface area contributed by atoms with Crippen LogP contribution in [0.3, 0.4) is 0 Å². The lowest BCUT2D eigenvalue weighted by Gasteiger charge is -2.16. The van der Waals surface area contributed by atoms with Crippen molar-refractivity contribution in [2.45, 2.75) is 13.8 Å². The number of aryl methyl sites for hydroxylation is 1. The molecule has 0 saturated carbocycles. The summed E-state index contributed by atoms with van der Waals surface area (Å²) in [7, 11) is 0. The molecule has 0 atom stereocenters. The number of aliphatic hydroxyl groups excluding tert-OH is 1. The van der Waals surface area contributed by atoms with Crippen LogP contribution >= 0.6 is 0 Å². The minimum absolute atomic E-state index is 0.104. The van der Waals surface area contributed by atoms with Gasteiger partial charge in [0.2, 0.25) is 0 Å². The van der Waals surface area contributed by atoms with Gasteiger partial charge >= 0.3 is 5.97 Å². The summed E-state index contributed by atoms with van der Waals surface area (Å²) in [6.45, 7) is 4.10. The maximum absolute atomic E-state index is 12.7. The van der Waals surface area contributed by atoms with Crippen LogP contribution in [-0.2, 0) is 4.74 Å². The summed E-state index contributed by atoms with van der Waals surface area (Å²) in [6.07, 6.45) is 0. The van der Waals surface area contributed by atoms with E-state index in [1.54, 1.807) is 6.92 Å². The fourth-order valence-corrected chi connectivity index (χ4v) is 2.74. The van der Waals surface area contributed by atoms with Crippen molar-refractivity contribution in [3.05, 3.63) is 65.7 Å². The number of anilines is 3. The van der Waals surface area contributed by atoms with Crippen molar-refractivity contribution >= 4 is 23.3 Å². The van der Waals surface area contributed by atoms with Gasteiger partial charge in [0.1, 0.15) is 11.4 Å². The van der Waals surface area contributed by atoms with Crippen molar-refractivity contribution in [1.29, 1.82) is 0 Å². The molecule has 0 spiro atoms. The first-order valence-electron chi connectivity index (χ1n) is 9.45. The lowest BCUT2D eigenvalue weighted by Crippen LogP contribution is -2.17. The quantitative estimate of drug-likeness (QED) is 0.502. The highest BCUT2D eigenvalue weighted by Crippen LogP contribution is 2.29. The monoisotopic (exact) mass is 392 g/mol. The zero-order valence-electron chi connectivity index (χ0n) is 16.5. The predicted molar refractivity (Wildman–Crippen MR) is 113 cm³/mol. The smallest absolute Gasteiger partial charge is 0.345 e. The minimum atomic E-state index is -0.540. The average Bonchev–Trinajstić information content (AvgIpc) is 2.74. The second kappa shape index (κ2) is 9.66. The Morgan fingerprint density at radius 1 is 1.03 bits per heavy atom. The second-order valence-electron chi connectivity index (χ2n) is 6.35. The number of carbonyl (C=O) groups excluding carboxylic acids is 1. The van der Waals surface area contributed by atoms with Gasteiger partial charge in [-0.2, -0.15) is 0 Å². The summed E-state index contributed by atoms with van der Waals surface area (Å²) in [4.78, 5) is 21.8. The molecule has 2 aromatic carbocycles. The number of nitrogens with one attached hydrogen (secondary N) is 2. The summed E-state index contributed by atoms with van der Waals surface area (Å²) < 4.78 is 5.23. The van der Waals surface area contributed by atoms with Crippen LogP contribution in [0, 0.1) is 6.92 Å². The summed E-state index contributed by atoms with van der Waals surface area (Å²) in [6, 6.07) is 17.2. The minimum Gasteiger partial charge on any atom is -0.462 e. The topological polar surface area (TPSA) is 96.4 Å². The molecule has 3 N–H and O–H groups in total. The van der Waals surface area contributed by atoms with Gasteiger partial charge in [-0.05, 0) is 26.0 Å². The Hall–Kier alpha value is -3.45. The van der Waals surface area contributed by atoms with Gasteiger partial charge in [-0.1, -0.05) is 48.0 Å². The molecule has 0 fully saturated rings. The van der Waals surface area contributed by atoms with Crippen LogP contribution in [0.4, 0.5) is 17.3 Å². The molecule has 150 valence electrons. The molecule has 0 saturated heterocycles. The van der Waals surface area contributed by atoms with E-state index in [1.807, 2.05) is 61.5 Å². The second-order valence-corrected chi connectivity index (χ2v) is 6.35. The van der Waals surface area contributed by atoms with Gasteiger partial charge in [0.05, 0.1) is 13.2 Å². The first kappa shape index (κ1) is 20.3.